The van der Waals surface area contributed by atoms with E-state index in [9.17, 15) is 0 Å². The quantitative estimate of drug-likeness (QED) is 0.519. The number of hydrogen-bond acceptors (Lipinski definition) is 2. The van der Waals surface area contributed by atoms with Gasteiger partial charge in [-0.2, -0.15) is 0 Å². The molecule has 0 aromatic rings. The third kappa shape index (κ3) is 5.50. The van der Waals surface area contributed by atoms with Gasteiger partial charge in [0.25, 0.3) is 0 Å². The van der Waals surface area contributed by atoms with Crippen molar-refractivity contribution >= 4 is 5.84 Å². The van der Waals surface area contributed by atoms with Gasteiger partial charge in [-0.15, -0.1) is 0 Å². The first kappa shape index (κ1) is 15.4. The van der Waals surface area contributed by atoms with E-state index < -0.39 is 0 Å². The van der Waals surface area contributed by atoms with Crippen molar-refractivity contribution in [1.29, 1.82) is 5.41 Å². The van der Waals surface area contributed by atoms with E-state index in [0.717, 1.165) is 18.9 Å². The van der Waals surface area contributed by atoms with Crippen LogP contribution in [-0.2, 0) is 0 Å². The van der Waals surface area contributed by atoms with E-state index in [1.807, 2.05) is 13.8 Å². The Morgan fingerprint density at radius 2 is 1.81 bits per heavy atom. The van der Waals surface area contributed by atoms with Gasteiger partial charge in [-0.1, -0.05) is 27.7 Å². The van der Waals surface area contributed by atoms with E-state index in [1.165, 1.54) is 6.42 Å². The summed E-state index contributed by atoms with van der Waals surface area (Å²) in [5.74, 6) is 1.02. The van der Waals surface area contributed by atoms with Crippen LogP contribution in [0.3, 0.4) is 0 Å². The lowest BCUT2D eigenvalue weighted by Gasteiger charge is -2.30. The van der Waals surface area contributed by atoms with Crippen LogP contribution in [0.5, 0.6) is 0 Å². The lowest BCUT2D eigenvalue weighted by molar-refractivity contribution is 0.208. The molecule has 3 heteroatoms. The van der Waals surface area contributed by atoms with Gasteiger partial charge in [0, 0.05) is 11.5 Å². The highest BCUT2D eigenvalue weighted by atomic mass is 15.1. The Morgan fingerprint density at radius 1 is 1.31 bits per heavy atom. The van der Waals surface area contributed by atoms with Crippen LogP contribution in [0.25, 0.3) is 0 Å². The Morgan fingerprint density at radius 3 is 2.19 bits per heavy atom. The molecule has 0 radical (unpaired) electrons. The monoisotopic (exact) mass is 227 g/mol. The molecular formula is C13H29N3. The normalized spacial score (nSPS) is 14.5. The lowest BCUT2D eigenvalue weighted by atomic mass is 9.87. The number of nitrogens with one attached hydrogen (secondary N) is 1. The maximum absolute atomic E-state index is 7.52. The van der Waals surface area contributed by atoms with E-state index in [0.29, 0.717) is 6.04 Å². The van der Waals surface area contributed by atoms with Crippen LogP contribution in [0.4, 0.5) is 0 Å². The number of nitrogens with two attached hydrogens (primary N) is 1. The Labute approximate surface area is 101 Å². The van der Waals surface area contributed by atoms with E-state index in [-0.39, 0.29) is 11.3 Å². The Kier molecular flexibility index (Phi) is 6.01. The van der Waals surface area contributed by atoms with Gasteiger partial charge in [0.05, 0.1) is 5.84 Å². The fourth-order valence-corrected chi connectivity index (χ4v) is 1.67. The topological polar surface area (TPSA) is 53.1 Å². The molecule has 96 valence electrons. The summed E-state index contributed by atoms with van der Waals surface area (Å²) in [5, 5.41) is 7.52. The van der Waals surface area contributed by atoms with Crippen molar-refractivity contribution < 1.29 is 0 Å². The molecule has 0 fully saturated rings. The van der Waals surface area contributed by atoms with Gasteiger partial charge in [-0.3, -0.25) is 5.41 Å². The first-order valence-electron chi connectivity index (χ1n) is 6.21. The Hall–Kier alpha value is -0.570. The molecule has 1 unspecified atom stereocenters. The molecule has 0 heterocycles. The zero-order valence-corrected chi connectivity index (χ0v) is 11.8. The van der Waals surface area contributed by atoms with Crippen LogP contribution in [-0.4, -0.2) is 30.4 Å². The molecule has 0 aliphatic rings. The zero-order valence-electron chi connectivity index (χ0n) is 11.8. The summed E-state index contributed by atoms with van der Waals surface area (Å²) in [4.78, 5) is 2.37. The molecule has 0 spiro atoms. The number of rotatable bonds is 7. The van der Waals surface area contributed by atoms with Gasteiger partial charge < -0.3 is 10.6 Å². The molecule has 3 N–H and O–H groups in total. The summed E-state index contributed by atoms with van der Waals surface area (Å²) >= 11 is 0. The smallest absolute Gasteiger partial charge is 0.0963 e. The van der Waals surface area contributed by atoms with Crippen molar-refractivity contribution in [2.75, 3.05) is 13.6 Å². The number of nitrogens with zero attached hydrogens (tertiary/aromatic N) is 1. The van der Waals surface area contributed by atoms with Crippen LogP contribution >= 0.6 is 0 Å². The molecule has 0 aliphatic heterocycles. The summed E-state index contributed by atoms with van der Waals surface area (Å²) in [6.45, 7) is 11.8. The first-order valence-corrected chi connectivity index (χ1v) is 6.21. The molecule has 3 nitrogen and oxygen atoms in total. The van der Waals surface area contributed by atoms with E-state index in [4.69, 9.17) is 11.1 Å². The highest BCUT2D eigenvalue weighted by Gasteiger charge is 2.22. The average molecular weight is 227 g/mol. The standard InChI is InChI=1S/C13H29N3/c1-10(2)9-11(3)16(6)8-7-13(4,5)12(14)15/h10-11H,7-9H2,1-6H3,(H3,14,15). The van der Waals surface area contributed by atoms with Crippen LogP contribution in [0.15, 0.2) is 0 Å². The number of amidine groups is 1. The minimum Gasteiger partial charge on any atom is -0.387 e. The van der Waals surface area contributed by atoms with Crippen LogP contribution < -0.4 is 5.73 Å². The van der Waals surface area contributed by atoms with Gasteiger partial charge in [-0.05, 0) is 39.3 Å². The molecule has 16 heavy (non-hydrogen) atoms. The maximum Gasteiger partial charge on any atom is 0.0963 e. The lowest BCUT2D eigenvalue weighted by Crippen LogP contribution is -2.37. The molecule has 0 aromatic heterocycles. The fraction of sp³-hybridized carbons (Fsp3) is 0.923. The molecule has 0 saturated heterocycles. The van der Waals surface area contributed by atoms with Crippen LogP contribution in [0.2, 0.25) is 0 Å². The first-order chi connectivity index (χ1) is 7.16. The summed E-state index contributed by atoms with van der Waals surface area (Å²) in [7, 11) is 2.16. The Balaban J connectivity index is 4.06. The third-order valence-electron chi connectivity index (χ3n) is 3.38. The SMILES string of the molecule is CC(C)CC(C)N(C)CCC(C)(C)C(=N)N. The molecule has 0 amide bonds. The second-order valence-electron chi connectivity index (χ2n) is 6.01. The summed E-state index contributed by atoms with van der Waals surface area (Å²) in [6, 6.07) is 0.600. The van der Waals surface area contributed by atoms with Crippen molar-refractivity contribution in [3.05, 3.63) is 0 Å². The summed E-state index contributed by atoms with van der Waals surface area (Å²) in [6.07, 6.45) is 2.16. The molecule has 0 aliphatic carbocycles. The van der Waals surface area contributed by atoms with Gasteiger partial charge in [0.1, 0.15) is 0 Å². The number of hydrogen-bond donors (Lipinski definition) is 2. The molecular weight excluding hydrogens is 198 g/mol. The highest BCUT2D eigenvalue weighted by molar-refractivity contribution is 5.82. The van der Waals surface area contributed by atoms with Crippen LogP contribution in [0, 0.1) is 16.7 Å². The van der Waals surface area contributed by atoms with Gasteiger partial charge in [0.15, 0.2) is 0 Å². The second-order valence-corrected chi connectivity index (χ2v) is 6.01. The molecule has 0 aromatic carbocycles. The van der Waals surface area contributed by atoms with E-state index in [1.54, 1.807) is 0 Å². The second kappa shape index (κ2) is 6.24. The highest BCUT2D eigenvalue weighted by Crippen LogP contribution is 2.21. The summed E-state index contributed by atoms with van der Waals surface area (Å²) in [5.41, 5.74) is 5.40. The molecule has 0 saturated carbocycles. The van der Waals surface area contributed by atoms with Crippen molar-refractivity contribution in [3.8, 4) is 0 Å². The van der Waals surface area contributed by atoms with Gasteiger partial charge in [0.2, 0.25) is 0 Å². The molecule has 0 rings (SSSR count). The van der Waals surface area contributed by atoms with Gasteiger partial charge in [-0.25, -0.2) is 0 Å². The van der Waals surface area contributed by atoms with E-state index >= 15 is 0 Å². The predicted molar refractivity (Wildman–Crippen MR) is 71.9 cm³/mol. The Bertz CT molecular complexity index is 221. The zero-order chi connectivity index (χ0) is 12.9. The third-order valence-corrected chi connectivity index (χ3v) is 3.38. The molecule has 1 atom stereocenters. The van der Waals surface area contributed by atoms with Crippen molar-refractivity contribution in [3.63, 3.8) is 0 Å². The largest absolute Gasteiger partial charge is 0.387 e. The van der Waals surface area contributed by atoms with Crippen molar-refractivity contribution in [1.82, 2.24) is 4.90 Å². The fourth-order valence-electron chi connectivity index (χ4n) is 1.67. The minimum atomic E-state index is -0.175. The average Bonchev–Trinajstić information content (AvgIpc) is 2.12. The van der Waals surface area contributed by atoms with E-state index in [2.05, 4.69) is 32.7 Å². The molecule has 0 bridgehead atoms. The van der Waals surface area contributed by atoms with Crippen LogP contribution in [0.1, 0.15) is 47.5 Å². The predicted octanol–water partition coefficient (Wildman–Crippen LogP) is 2.71. The minimum absolute atomic E-state index is 0.175. The van der Waals surface area contributed by atoms with Crippen molar-refractivity contribution in [2.24, 2.45) is 17.1 Å². The van der Waals surface area contributed by atoms with Gasteiger partial charge >= 0.3 is 0 Å². The van der Waals surface area contributed by atoms with Crippen molar-refractivity contribution in [2.45, 2.75) is 53.5 Å². The summed E-state index contributed by atoms with van der Waals surface area (Å²) < 4.78 is 0. The maximum atomic E-state index is 7.52.